The Morgan fingerprint density at radius 2 is 2.15 bits per heavy atom. The van der Waals surface area contributed by atoms with Gasteiger partial charge in [-0.25, -0.2) is 0 Å². The van der Waals surface area contributed by atoms with Crippen LogP contribution in [0.1, 0.15) is 18.1 Å². The molecule has 0 saturated carbocycles. The summed E-state index contributed by atoms with van der Waals surface area (Å²) < 4.78 is 1.80. The van der Waals surface area contributed by atoms with Gasteiger partial charge in [0.05, 0.1) is 5.25 Å². The highest BCUT2D eigenvalue weighted by Gasteiger charge is 2.17. The molecule has 0 fully saturated rings. The van der Waals surface area contributed by atoms with E-state index in [0.29, 0.717) is 0 Å². The first-order valence-corrected chi connectivity index (χ1v) is 7.24. The third-order valence-corrected chi connectivity index (χ3v) is 4.11. The highest BCUT2D eigenvalue weighted by Crippen LogP contribution is 2.22. The SMILES string of the molecule is Cc1ccc(NC(=O)[C@@H](C)Sc2nncn2C)c(C)c1. The van der Waals surface area contributed by atoms with Crippen LogP contribution in [0.5, 0.6) is 0 Å². The number of thioether (sulfide) groups is 1. The van der Waals surface area contributed by atoms with E-state index < -0.39 is 0 Å². The van der Waals surface area contributed by atoms with E-state index in [1.807, 2.05) is 40.0 Å². The molecule has 1 aromatic carbocycles. The lowest BCUT2D eigenvalue weighted by Gasteiger charge is -2.13. The Labute approximate surface area is 122 Å². The molecule has 0 aliphatic rings. The van der Waals surface area contributed by atoms with Gasteiger partial charge in [-0.1, -0.05) is 29.5 Å². The minimum absolute atomic E-state index is 0.0371. The lowest BCUT2D eigenvalue weighted by molar-refractivity contribution is -0.115. The molecule has 5 nitrogen and oxygen atoms in total. The number of anilines is 1. The molecule has 0 unspecified atom stereocenters. The van der Waals surface area contributed by atoms with Gasteiger partial charge < -0.3 is 9.88 Å². The van der Waals surface area contributed by atoms with Gasteiger partial charge in [-0.15, -0.1) is 10.2 Å². The fraction of sp³-hybridized carbons (Fsp3) is 0.357. The normalized spacial score (nSPS) is 12.2. The predicted octanol–water partition coefficient (Wildman–Crippen LogP) is 2.55. The first kappa shape index (κ1) is 14.6. The van der Waals surface area contributed by atoms with Crippen molar-refractivity contribution in [3.63, 3.8) is 0 Å². The Hall–Kier alpha value is -1.82. The maximum Gasteiger partial charge on any atom is 0.237 e. The van der Waals surface area contributed by atoms with Crippen molar-refractivity contribution in [3.05, 3.63) is 35.7 Å². The summed E-state index contributed by atoms with van der Waals surface area (Å²) >= 11 is 1.39. The van der Waals surface area contributed by atoms with Crippen molar-refractivity contribution in [2.75, 3.05) is 5.32 Å². The summed E-state index contributed by atoms with van der Waals surface area (Å²) in [5, 5.41) is 11.2. The molecule has 106 valence electrons. The van der Waals surface area contributed by atoms with Crippen molar-refractivity contribution in [2.24, 2.45) is 7.05 Å². The third-order valence-electron chi connectivity index (χ3n) is 2.96. The standard InChI is InChI=1S/C14H18N4OS/c1-9-5-6-12(10(2)7-9)16-13(19)11(3)20-14-17-15-8-18(14)4/h5-8,11H,1-4H3,(H,16,19)/t11-/m1/s1. The lowest BCUT2D eigenvalue weighted by atomic mass is 10.1. The van der Waals surface area contributed by atoms with Gasteiger partial charge >= 0.3 is 0 Å². The van der Waals surface area contributed by atoms with Gasteiger partial charge in [0.2, 0.25) is 5.91 Å². The number of hydrogen-bond donors (Lipinski definition) is 1. The number of rotatable bonds is 4. The average Bonchev–Trinajstić information content (AvgIpc) is 2.78. The van der Waals surface area contributed by atoms with Crippen molar-refractivity contribution in [2.45, 2.75) is 31.2 Å². The largest absolute Gasteiger partial charge is 0.325 e. The van der Waals surface area contributed by atoms with Crippen LogP contribution in [0.15, 0.2) is 29.7 Å². The van der Waals surface area contributed by atoms with Crippen LogP contribution in [-0.2, 0) is 11.8 Å². The van der Waals surface area contributed by atoms with E-state index in [1.54, 1.807) is 10.9 Å². The van der Waals surface area contributed by atoms with Crippen molar-refractivity contribution in [1.29, 1.82) is 0 Å². The molecular weight excluding hydrogens is 272 g/mol. The van der Waals surface area contributed by atoms with Crippen molar-refractivity contribution in [1.82, 2.24) is 14.8 Å². The molecule has 6 heteroatoms. The maximum absolute atomic E-state index is 12.2. The summed E-state index contributed by atoms with van der Waals surface area (Å²) in [5.74, 6) is -0.0371. The number of nitrogens with zero attached hydrogens (tertiary/aromatic N) is 3. The first-order valence-electron chi connectivity index (χ1n) is 6.36. The van der Waals surface area contributed by atoms with E-state index in [-0.39, 0.29) is 11.2 Å². The molecular formula is C14H18N4OS. The number of benzene rings is 1. The molecule has 1 atom stereocenters. The lowest BCUT2D eigenvalue weighted by Crippen LogP contribution is -2.23. The second kappa shape index (κ2) is 6.09. The Morgan fingerprint density at radius 3 is 2.75 bits per heavy atom. The summed E-state index contributed by atoms with van der Waals surface area (Å²) in [6, 6.07) is 5.97. The van der Waals surface area contributed by atoms with Gasteiger partial charge in [0, 0.05) is 12.7 Å². The summed E-state index contributed by atoms with van der Waals surface area (Å²) in [6.07, 6.45) is 1.62. The summed E-state index contributed by atoms with van der Waals surface area (Å²) in [4.78, 5) is 12.2. The number of nitrogens with one attached hydrogen (secondary N) is 1. The van der Waals surface area contributed by atoms with Crippen LogP contribution in [0.4, 0.5) is 5.69 Å². The van der Waals surface area contributed by atoms with Crippen LogP contribution in [-0.4, -0.2) is 25.9 Å². The molecule has 1 aromatic heterocycles. The zero-order valence-corrected chi connectivity index (χ0v) is 12.9. The quantitative estimate of drug-likeness (QED) is 0.879. The Morgan fingerprint density at radius 1 is 1.40 bits per heavy atom. The number of amides is 1. The van der Waals surface area contributed by atoms with E-state index in [1.165, 1.54) is 17.3 Å². The van der Waals surface area contributed by atoms with Crippen molar-refractivity contribution in [3.8, 4) is 0 Å². The van der Waals surface area contributed by atoms with Gasteiger partial charge in [0.15, 0.2) is 5.16 Å². The van der Waals surface area contributed by atoms with Crippen LogP contribution in [0.3, 0.4) is 0 Å². The van der Waals surface area contributed by atoms with Crippen LogP contribution >= 0.6 is 11.8 Å². The molecule has 1 heterocycles. The van der Waals surface area contributed by atoms with Gasteiger partial charge in [0.1, 0.15) is 6.33 Å². The van der Waals surface area contributed by atoms with Gasteiger partial charge in [0.25, 0.3) is 0 Å². The van der Waals surface area contributed by atoms with Crippen LogP contribution in [0.25, 0.3) is 0 Å². The fourth-order valence-electron chi connectivity index (χ4n) is 1.78. The zero-order chi connectivity index (χ0) is 14.7. The van der Waals surface area contributed by atoms with Crippen LogP contribution < -0.4 is 5.32 Å². The highest BCUT2D eigenvalue weighted by atomic mass is 32.2. The molecule has 0 radical (unpaired) electrons. The molecule has 20 heavy (non-hydrogen) atoms. The Balaban J connectivity index is 2.02. The summed E-state index contributed by atoms with van der Waals surface area (Å²) in [7, 11) is 1.86. The number of aryl methyl sites for hydroxylation is 3. The van der Waals surface area contributed by atoms with E-state index in [4.69, 9.17) is 0 Å². The van der Waals surface area contributed by atoms with Crippen molar-refractivity contribution >= 4 is 23.4 Å². The monoisotopic (exact) mass is 290 g/mol. The van der Waals surface area contributed by atoms with E-state index in [0.717, 1.165) is 16.4 Å². The smallest absolute Gasteiger partial charge is 0.237 e. The van der Waals surface area contributed by atoms with Crippen LogP contribution in [0, 0.1) is 13.8 Å². The van der Waals surface area contributed by atoms with E-state index in [9.17, 15) is 4.79 Å². The Bertz CT molecular complexity index is 623. The average molecular weight is 290 g/mol. The topological polar surface area (TPSA) is 59.8 Å². The molecule has 0 saturated heterocycles. The second-order valence-electron chi connectivity index (χ2n) is 4.79. The Kier molecular flexibility index (Phi) is 4.44. The fourth-order valence-corrected chi connectivity index (χ4v) is 2.57. The number of aromatic nitrogens is 3. The maximum atomic E-state index is 12.2. The molecule has 0 aliphatic heterocycles. The molecule has 1 N–H and O–H groups in total. The van der Waals surface area contributed by atoms with Gasteiger partial charge in [-0.3, -0.25) is 4.79 Å². The van der Waals surface area contributed by atoms with Crippen molar-refractivity contribution < 1.29 is 4.79 Å². The first-order chi connectivity index (χ1) is 9.47. The van der Waals surface area contributed by atoms with Crippen LogP contribution in [0.2, 0.25) is 0 Å². The summed E-state index contributed by atoms with van der Waals surface area (Å²) in [6.45, 7) is 5.88. The predicted molar refractivity (Wildman–Crippen MR) is 80.9 cm³/mol. The minimum Gasteiger partial charge on any atom is -0.325 e. The second-order valence-corrected chi connectivity index (χ2v) is 6.10. The highest BCUT2D eigenvalue weighted by molar-refractivity contribution is 8.00. The molecule has 1 amide bonds. The number of carbonyl (C=O) groups excluding carboxylic acids is 1. The number of carbonyl (C=O) groups is 1. The molecule has 0 aliphatic carbocycles. The van der Waals surface area contributed by atoms with Gasteiger partial charge in [-0.05, 0) is 32.4 Å². The zero-order valence-electron chi connectivity index (χ0n) is 12.0. The minimum atomic E-state index is -0.237. The number of hydrogen-bond acceptors (Lipinski definition) is 4. The molecule has 2 aromatic rings. The van der Waals surface area contributed by atoms with E-state index >= 15 is 0 Å². The molecule has 2 rings (SSSR count). The molecule has 0 spiro atoms. The van der Waals surface area contributed by atoms with Gasteiger partial charge in [-0.2, -0.15) is 0 Å². The van der Waals surface area contributed by atoms with E-state index in [2.05, 4.69) is 21.6 Å². The molecule has 0 bridgehead atoms. The summed E-state index contributed by atoms with van der Waals surface area (Å²) in [5.41, 5.74) is 3.10. The third kappa shape index (κ3) is 3.39.